The van der Waals surface area contributed by atoms with Crippen LogP contribution in [0.1, 0.15) is 11.1 Å². The number of nitrogens with one attached hydrogen (secondary N) is 3. The third kappa shape index (κ3) is 5.20. The van der Waals surface area contributed by atoms with E-state index >= 15 is 0 Å². The number of carbonyl (C=O) groups excluding carboxylic acids is 2. The van der Waals surface area contributed by atoms with Crippen LogP contribution < -0.4 is 16.0 Å². The zero-order valence-electron chi connectivity index (χ0n) is 13.7. The fourth-order valence-corrected chi connectivity index (χ4v) is 3.36. The zero-order chi connectivity index (χ0) is 17.5. The van der Waals surface area contributed by atoms with Gasteiger partial charge in [-0.05, 0) is 31.0 Å². The summed E-state index contributed by atoms with van der Waals surface area (Å²) in [6.45, 7) is 4.08. The van der Waals surface area contributed by atoms with E-state index in [1.54, 1.807) is 0 Å². The van der Waals surface area contributed by atoms with E-state index in [-0.39, 0.29) is 24.1 Å². The van der Waals surface area contributed by atoms with E-state index in [9.17, 15) is 9.59 Å². The summed E-state index contributed by atoms with van der Waals surface area (Å²) in [5.74, 6) is -0.262. The van der Waals surface area contributed by atoms with E-state index in [4.69, 9.17) is 0 Å². The molecule has 0 spiro atoms. The van der Waals surface area contributed by atoms with Gasteiger partial charge in [-0.1, -0.05) is 35.2 Å². The van der Waals surface area contributed by atoms with E-state index in [2.05, 4.69) is 39.1 Å². The summed E-state index contributed by atoms with van der Waals surface area (Å²) in [5, 5.41) is 17.0. The van der Waals surface area contributed by atoms with Crippen LogP contribution in [-0.4, -0.2) is 41.4 Å². The molecule has 1 aromatic heterocycles. The molecule has 9 heteroatoms. The summed E-state index contributed by atoms with van der Waals surface area (Å²) >= 11 is 2.67. The second-order valence-electron chi connectivity index (χ2n) is 4.98. The Morgan fingerprint density at radius 2 is 2.00 bits per heavy atom. The highest BCUT2D eigenvalue weighted by Crippen LogP contribution is 2.29. The van der Waals surface area contributed by atoms with Gasteiger partial charge in [0.1, 0.15) is 0 Å². The van der Waals surface area contributed by atoms with Gasteiger partial charge in [-0.25, -0.2) is 0 Å². The number of carbonyl (C=O) groups is 2. The summed E-state index contributed by atoms with van der Waals surface area (Å²) in [5.41, 5.74) is 3.36. The van der Waals surface area contributed by atoms with Crippen molar-refractivity contribution in [1.29, 1.82) is 0 Å². The average molecular weight is 365 g/mol. The van der Waals surface area contributed by atoms with Gasteiger partial charge in [0.15, 0.2) is 4.34 Å². The molecule has 0 unspecified atom stereocenters. The maximum Gasteiger partial charge on any atom is 0.239 e. The minimum atomic E-state index is -0.232. The molecule has 0 saturated carbocycles. The molecule has 0 radical (unpaired) electrons. The SMILES string of the molecule is CNC(=O)CNC(=O)CSc1nnc(Nc2cccc(C)c2C)s1. The van der Waals surface area contributed by atoms with Gasteiger partial charge in [-0.3, -0.25) is 9.59 Å². The molecule has 0 bridgehead atoms. The number of aromatic nitrogens is 2. The van der Waals surface area contributed by atoms with Crippen LogP contribution >= 0.6 is 23.1 Å². The molecule has 128 valence electrons. The first-order valence-electron chi connectivity index (χ1n) is 7.26. The zero-order valence-corrected chi connectivity index (χ0v) is 15.3. The van der Waals surface area contributed by atoms with Crippen molar-refractivity contribution in [2.45, 2.75) is 18.2 Å². The van der Waals surface area contributed by atoms with Crippen molar-refractivity contribution in [2.24, 2.45) is 0 Å². The largest absolute Gasteiger partial charge is 0.358 e. The highest BCUT2D eigenvalue weighted by atomic mass is 32.2. The molecule has 0 fully saturated rings. The molecule has 0 saturated heterocycles. The quantitative estimate of drug-likeness (QED) is 0.648. The lowest BCUT2D eigenvalue weighted by Crippen LogP contribution is -2.35. The normalized spacial score (nSPS) is 10.3. The standard InChI is InChI=1S/C15H19N5O2S2/c1-9-5-4-6-11(10(9)2)18-14-19-20-15(24-14)23-8-13(22)17-7-12(21)16-3/h4-6H,7-8H2,1-3H3,(H,16,21)(H,17,22)(H,18,19). The van der Waals surface area contributed by atoms with E-state index in [0.29, 0.717) is 9.47 Å². The van der Waals surface area contributed by atoms with Crippen LogP contribution in [0.25, 0.3) is 0 Å². The van der Waals surface area contributed by atoms with Crippen LogP contribution in [0.4, 0.5) is 10.8 Å². The number of aryl methyl sites for hydroxylation is 1. The Morgan fingerprint density at radius 1 is 1.21 bits per heavy atom. The number of benzene rings is 1. The predicted molar refractivity (Wildman–Crippen MR) is 96.9 cm³/mol. The Hall–Kier alpha value is -2.13. The molecular weight excluding hydrogens is 346 g/mol. The molecular formula is C15H19N5O2S2. The first kappa shape index (κ1) is 18.2. The lowest BCUT2D eigenvalue weighted by molar-refractivity contribution is -0.124. The number of amides is 2. The number of anilines is 2. The van der Waals surface area contributed by atoms with Gasteiger partial charge >= 0.3 is 0 Å². The molecule has 24 heavy (non-hydrogen) atoms. The molecule has 0 aliphatic rings. The van der Waals surface area contributed by atoms with Crippen LogP contribution in [0.3, 0.4) is 0 Å². The number of rotatable bonds is 7. The first-order chi connectivity index (χ1) is 11.5. The fourth-order valence-electron chi connectivity index (χ4n) is 1.77. The topological polar surface area (TPSA) is 96.0 Å². The van der Waals surface area contributed by atoms with E-state index in [1.165, 1.54) is 35.7 Å². The van der Waals surface area contributed by atoms with Gasteiger partial charge in [-0.2, -0.15) is 0 Å². The van der Waals surface area contributed by atoms with Crippen LogP contribution in [0.15, 0.2) is 22.5 Å². The second kappa shape index (κ2) is 8.65. The highest BCUT2D eigenvalue weighted by Gasteiger charge is 2.10. The molecule has 1 aromatic carbocycles. The van der Waals surface area contributed by atoms with Crippen LogP contribution in [0.5, 0.6) is 0 Å². The van der Waals surface area contributed by atoms with E-state index in [0.717, 1.165) is 11.3 Å². The summed E-state index contributed by atoms with van der Waals surface area (Å²) in [4.78, 5) is 22.7. The minimum Gasteiger partial charge on any atom is -0.358 e. The van der Waals surface area contributed by atoms with E-state index in [1.807, 2.05) is 19.1 Å². The van der Waals surface area contributed by atoms with Gasteiger partial charge in [0, 0.05) is 12.7 Å². The lowest BCUT2D eigenvalue weighted by atomic mass is 10.1. The van der Waals surface area contributed by atoms with Gasteiger partial charge in [0.05, 0.1) is 12.3 Å². The lowest BCUT2D eigenvalue weighted by Gasteiger charge is -2.08. The third-order valence-corrected chi connectivity index (χ3v) is 5.28. The number of likely N-dealkylation sites (N-methyl/N-ethyl adjacent to an activating group) is 1. The molecule has 2 rings (SSSR count). The van der Waals surface area contributed by atoms with Crippen molar-refractivity contribution in [2.75, 3.05) is 24.7 Å². The summed E-state index contributed by atoms with van der Waals surface area (Å²) in [7, 11) is 1.52. The Labute approximate surface area is 148 Å². The maximum absolute atomic E-state index is 11.6. The van der Waals surface area contributed by atoms with Gasteiger partial charge in [0.25, 0.3) is 0 Å². The van der Waals surface area contributed by atoms with Gasteiger partial charge in [-0.15, -0.1) is 10.2 Å². The minimum absolute atomic E-state index is 0.0224. The van der Waals surface area contributed by atoms with Crippen molar-refractivity contribution in [3.05, 3.63) is 29.3 Å². The first-order valence-corrected chi connectivity index (χ1v) is 9.06. The Kier molecular flexibility index (Phi) is 6.56. The number of thioether (sulfide) groups is 1. The van der Waals surface area contributed by atoms with Crippen molar-refractivity contribution >= 4 is 45.7 Å². The third-order valence-electron chi connectivity index (χ3n) is 3.30. The van der Waals surface area contributed by atoms with Gasteiger partial charge < -0.3 is 16.0 Å². The van der Waals surface area contributed by atoms with Crippen LogP contribution in [0.2, 0.25) is 0 Å². The average Bonchev–Trinajstić information content (AvgIpc) is 3.02. The molecule has 3 N–H and O–H groups in total. The second-order valence-corrected chi connectivity index (χ2v) is 7.18. The highest BCUT2D eigenvalue weighted by molar-refractivity contribution is 8.01. The van der Waals surface area contributed by atoms with Crippen molar-refractivity contribution in [3.63, 3.8) is 0 Å². The smallest absolute Gasteiger partial charge is 0.239 e. The summed E-state index contributed by atoms with van der Waals surface area (Å²) < 4.78 is 0.692. The monoisotopic (exact) mass is 365 g/mol. The predicted octanol–water partition coefficient (Wildman–Crippen LogP) is 1.85. The molecule has 7 nitrogen and oxygen atoms in total. The van der Waals surface area contributed by atoms with Crippen molar-refractivity contribution in [3.8, 4) is 0 Å². The fraction of sp³-hybridized carbons (Fsp3) is 0.333. The Bertz CT molecular complexity index is 732. The molecule has 0 aliphatic heterocycles. The van der Waals surface area contributed by atoms with Crippen molar-refractivity contribution in [1.82, 2.24) is 20.8 Å². The van der Waals surface area contributed by atoms with Crippen molar-refractivity contribution < 1.29 is 9.59 Å². The van der Waals surface area contributed by atoms with Crippen LogP contribution in [0, 0.1) is 13.8 Å². The summed E-state index contributed by atoms with van der Waals surface area (Å²) in [6, 6.07) is 6.03. The Morgan fingerprint density at radius 3 is 2.75 bits per heavy atom. The summed E-state index contributed by atoms with van der Waals surface area (Å²) in [6.07, 6.45) is 0. The van der Waals surface area contributed by atoms with Crippen LogP contribution in [-0.2, 0) is 9.59 Å². The molecule has 2 amide bonds. The van der Waals surface area contributed by atoms with Gasteiger partial charge in [0.2, 0.25) is 16.9 Å². The number of nitrogens with zero attached hydrogens (tertiary/aromatic N) is 2. The molecule has 0 aliphatic carbocycles. The number of hydrogen-bond donors (Lipinski definition) is 3. The number of hydrogen-bond acceptors (Lipinski definition) is 7. The molecule has 2 aromatic rings. The Balaban J connectivity index is 1.86. The van der Waals surface area contributed by atoms with E-state index < -0.39 is 0 Å². The molecule has 1 heterocycles. The maximum atomic E-state index is 11.6. The molecule has 0 atom stereocenters.